The van der Waals surface area contributed by atoms with Gasteiger partial charge in [0.25, 0.3) is 11.5 Å². The Morgan fingerprint density at radius 2 is 1.97 bits per heavy atom. The van der Waals surface area contributed by atoms with Crippen molar-refractivity contribution in [3.05, 3.63) is 74.3 Å². The van der Waals surface area contributed by atoms with E-state index in [9.17, 15) is 14.4 Å². The molecule has 3 rings (SSSR count). The maximum absolute atomic E-state index is 13.1. The van der Waals surface area contributed by atoms with Crippen LogP contribution in [0.1, 0.15) is 22.6 Å². The van der Waals surface area contributed by atoms with E-state index in [1.54, 1.807) is 49.1 Å². The Kier molecular flexibility index (Phi) is 8.17. The van der Waals surface area contributed by atoms with E-state index in [0.29, 0.717) is 33.9 Å². The molecule has 3 aromatic rings. The van der Waals surface area contributed by atoms with Crippen molar-refractivity contribution in [3.63, 3.8) is 0 Å². The van der Waals surface area contributed by atoms with Gasteiger partial charge in [-0.15, -0.1) is 0 Å². The number of carbonyl (C=O) groups is 2. The van der Waals surface area contributed by atoms with Gasteiger partial charge in [-0.3, -0.25) is 14.4 Å². The van der Waals surface area contributed by atoms with Gasteiger partial charge in [-0.1, -0.05) is 35.3 Å². The van der Waals surface area contributed by atoms with E-state index in [1.165, 1.54) is 17.0 Å². The van der Waals surface area contributed by atoms with Crippen LogP contribution in [0.15, 0.2) is 47.3 Å². The van der Waals surface area contributed by atoms with E-state index >= 15 is 0 Å². The Labute approximate surface area is 199 Å². The maximum atomic E-state index is 13.1. The Morgan fingerprint density at radius 3 is 2.69 bits per heavy atom. The van der Waals surface area contributed by atoms with Gasteiger partial charge < -0.3 is 15.2 Å². The average molecular weight is 493 g/mol. The molecule has 1 atom stereocenters. The molecular formula is C22H22Cl2N4O3S. The largest absolute Gasteiger partial charge is 0.340 e. The van der Waals surface area contributed by atoms with Crippen molar-refractivity contribution in [2.75, 3.05) is 19.1 Å². The normalized spacial score (nSPS) is 11.9. The molecule has 7 nitrogen and oxygen atoms in total. The molecule has 32 heavy (non-hydrogen) atoms. The predicted molar refractivity (Wildman–Crippen MR) is 130 cm³/mol. The molecule has 0 saturated carbocycles. The fraction of sp³-hybridized carbons (Fsp3) is 0.273. The number of H-pyrrole nitrogens is 1. The molecule has 0 aliphatic rings. The number of nitrogens with one attached hydrogen (secondary N) is 2. The van der Waals surface area contributed by atoms with Gasteiger partial charge in [-0.05, 0) is 48.8 Å². The molecule has 1 aromatic heterocycles. The van der Waals surface area contributed by atoms with E-state index in [0.717, 1.165) is 0 Å². The Hall–Kier alpha value is -2.55. The number of rotatable bonds is 8. The first-order chi connectivity index (χ1) is 15.3. The summed E-state index contributed by atoms with van der Waals surface area (Å²) in [5.41, 5.74) is 0.522. The van der Waals surface area contributed by atoms with Crippen LogP contribution < -0.4 is 10.9 Å². The summed E-state index contributed by atoms with van der Waals surface area (Å²) in [5.74, 6) is 0.273. The van der Waals surface area contributed by atoms with Gasteiger partial charge in [0.2, 0.25) is 5.91 Å². The summed E-state index contributed by atoms with van der Waals surface area (Å²) in [4.78, 5) is 46.8. The van der Waals surface area contributed by atoms with E-state index in [1.807, 2.05) is 6.26 Å². The molecule has 0 radical (unpaired) electrons. The zero-order valence-electron chi connectivity index (χ0n) is 17.5. The number of para-hydroxylation sites is 1. The van der Waals surface area contributed by atoms with Crippen molar-refractivity contribution in [3.8, 4) is 0 Å². The highest BCUT2D eigenvalue weighted by Gasteiger charge is 2.25. The second-order valence-corrected chi connectivity index (χ2v) is 8.98. The third-order valence-electron chi connectivity index (χ3n) is 4.81. The molecule has 2 amide bonds. The van der Waals surface area contributed by atoms with Gasteiger partial charge in [0.1, 0.15) is 11.9 Å². The number of hydrogen-bond donors (Lipinski definition) is 2. The second kappa shape index (κ2) is 10.8. The third-order valence-corrected chi connectivity index (χ3v) is 6.01. The fourth-order valence-electron chi connectivity index (χ4n) is 3.18. The van der Waals surface area contributed by atoms with Crippen LogP contribution in [0.25, 0.3) is 10.9 Å². The Bertz CT molecular complexity index is 1200. The molecule has 0 saturated heterocycles. The first-order valence-corrected chi connectivity index (χ1v) is 11.9. The molecular weight excluding hydrogens is 471 g/mol. The summed E-state index contributed by atoms with van der Waals surface area (Å²) >= 11 is 13.6. The maximum Gasteiger partial charge on any atom is 0.258 e. The Morgan fingerprint density at radius 1 is 1.22 bits per heavy atom. The summed E-state index contributed by atoms with van der Waals surface area (Å²) in [7, 11) is 1.60. The monoisotopic (exact) mass is 492 g/mol. The number of benzene rings is 2. The van der Waals surface area contributed by atoms with Crippen molar-refractivity contribution in [2.45, 2.75) is 19.0 Å². The van der Waals surface area contributed by atoms with Gasteiger partial charge in [-0.25, -0.2) is 4.98 Å². The quantitative estimate of drug-likeness (QED) is 0.499. The summed E-state index contributed by atoms with van der Waals surface area (Å²) in [5, 5.41) is 3.88. The standard InChI is InChI=1S/C22H22Cl2N4O3S/c1-28(12-19-25-17-6-4-3-5-15(17)21(30)27-19)22(31)18(9-10-32-2)26-20(29)14-8-7-13(23)11-16(14)24/h3-8,11,18H,9-10,12H2,1-2H3,(H,26,29)(H,25,27,30)/t18-/m0/s1. The summed E-state index contributed by atoms with van der Waals surface area (Å²) in [6.45, 7) is 0.0895. The number of thioether (sulfide) groups is 1. The van der Waals surface area contributed by atoms with Crippen LogP contribution in [-0.2, 0) is 11.3 Å². The van der Waals surface area contributed by atoms with Crippen LogP contribution in [-0.4, -0.2) is 51.8 Å². The minimum atomic E-state index is -0.765. The van der Waals surface area contributed by atoms with Crippen LogP contribution in [0.3, 0.4) is 0 Å². The lowest BCUT2D eigenvalue weighted by Crippen LogP contribution is -2.47. The van der Waals surface area contributed by atoms with Crippen molar-refractivity contribution < 1.29 is 9.59 Å². The molecule has 0 bridgehead atoms. The van der Waals surface area contributed by atoms with Crippen LogP contribution in [0.4, 0.5) is 0 Å². The van der Waals surface area contributed by atoms with E-state index in [4.69, 9.17) is 23.2 Å². The number of aromatic amines is 1. The number of amides is 2. The molecule has 0 fully saturated rings. The smallest absolute Gasteiger partial charge is 0.258 e. The summed E-state index contributed by atoms with van der Waals surface area (Å²) in [6, 6.07) is 10.8. The third kappa shape index (κ3) is 5.82. The van der Waals surface area contributed by atoms with Gasteiger partial charge in [0.15, 0.2) is 0 Å². The first-order valence-electron chi connectivity index (χ1n) is 9.78. The molecule has 10 heteroatoms. The summed E-state index contributed by atoms with van der Waals surface area (Å²) in [6.07, 6.45) is 2.36. The number of fused-ring (bicyclic) bond motifs is 1. The molecule has 1 heterocycles. The van der Waals surface area contributed by atoms with Gasteiger partial charge in [0, 0.05) is 12.1 Å². The molecule has 168 valence electrons. The average Bonchev–Trinajstić information content (AvgIpc) is 2.76. The van der Waals surface area contributed by atoms with Crippen molar-refractivity contribution in [2.24, 2.45) is 0 Å². The fourth-order valence-corrected chi connectivity index (χ4v) is 4.15. The van der Waals surface area contributed by atoms with Crippen LogP contribution in [0, 0.1) is 0 Å². The van der Waals surface area contributed by atoms with Crippen LogP contribution in [0.5, 0.6) is 0 Å². The highest BCUT2D eigenvalue weighted by atomic mass is 35.5. The predicted octanol–water partition coefficient (Wildman–Crippen LogP) is 3.74. The van der Waals surface area contributed by atoms with Gasteiger partial charge in [0.05, 0.1) is 28.0 Å². The number of halogens is 2. The number of likely N-dealkylation sites (N-methyl/N-ethyl adjacent to an activating group) is 1. The number of hydrogen-bond acceptors (Lipinski definition) is 5. The minimum absolute atomic E-state index is 0.0895. The molecule has 2 N–H and O–H groups in total. The number of nitrogens with zero attached hydrogens (tertiary/aromatic N) is 2. The lowest BCUT2D eigenvalue weighted by Gasteiger charge is -2.24. The van der Waals surface area contributed by atoms with E-state index in [2.05, 4.69) is 15.3 Å². The van der Waals surface area contributed by atoms with Gasteiger partial charge in [-0.2, -0.15) is 11.8 Å². The summed E-state index contributed by atoms with van der Waals surface area (Å²) < 4.78 is 0. The highest BCUT2D eigenvalue weighted by molar-refractivity contribution is 7.98. The molecule has 0 spiro atoms. The van der Waals surface area contributed by atoms with Crippen LogP contribution >= 0.6 is 35.0 Å². The lowest BCUT2D eigenvalue weighted by molar-refractivity contribution is -0.132. The van der Waals surface area contributed by atoms with Crippen molar-refractivity contribution >= 4 is 57.7 Å². The number of aromatic nitrogens is 2. The van der Waals surface area contributed by atoms with E-state index < -0.39 is 11.9 Å². The molecule has 0 aliphatic heterocycles. The number of carbonyl (C=O) groups excluding carboxylic acids is 2. The SMILES string of the molecule is CSCC[C@H](NC(=O)c1ccc(Cl)cc1Cl)C(=O)N(C)Cc1nc2ccccc2c(=O)[nH]1. The van der Waals surface area contributed by atoms with E-state index in [-0.39, 0.29) is 28.6 Å². The topological polar surface area (TPSA) is 95.2 Å². The molecule has 0 aliphatic carbocycles. The highest BCUT2D eigenvalue weighted by Crippen LogP contribution is 2.21. The zero-order valence-corrected chi connectivity index (χ0v) is 19.9. The van der Waals surface area contributed by atoms with Crippen molar-refractivity contribution in [1.29, 1.82) is 0 Å². The first kappa shape index (κ1) is 24.1. The van der Waals surface area contributed by atoms with Crippen LogP contribution in [0.2, 0.25) is 10.0 Å². The Balaban J connectivity index is 1.77. The molecule has 2 aromatic carbocycles. The zero-order chi connectivity index (χ0) is 23.3. The lowest BCUT2D eigenvalue weighted by atomic mass is 10.1. The van der Waals surface area contributed by atoms with Gasteiger partial charge >= 0.3 is 0 Å². The molecule has 0 unspecified atom stereocenters. The van der Waals surface area contributed by atoms with Crippen molar-refractivity contribution in [1.82, 2.24) is 20.2 Å². The second-order valence-electron chi connectivity index (χ2n) is 7.16. The minimum Gasteiger partial charge on any atom is -0.340 e.